The number of benzene rings is 1. The minimum absolute atomic E-state index is 0.0141. The molecule has 0 saturated heterocycles. The van der Waals surface area contributed by atoms with Crippen LogP contribution in [0.5, 0.6) is 11.5 Å². The molecule has 0 saturated carbocycles. The smallest absolute Gasteiger partial charge is 0.344 e. The zero-order valence-electron chi connectivity index (χ0n) is 13.5. The number of nitrogens with zero attached hydrogens (tertiary/aromatic N) is 4. The summed E-state index contributed by atoms with van der Waals surface area (Å²) >= 11 is 0. The molecular formula is C15H20N4O4. The predicted octanol–water partition coefficient (Wildman–Crippen LogP) is 1.52. The highest BCUT2D eigenvalue weighted by atomic mass is 16.6. The first-order valence-electron chi connectivity index (χ1n) is 7.32. The summed E-state index contributed by atoms with van der Waals surface area (Å²) < 4.78 is 17.4. The van der Waals surface area contributed by atoms with Gasteiger partial charge in [0.05, 0.1) is 7.11 Å². The number of rotatable bonds is 8. The van der Waals surface area contributed by atoms with E-state index < -0.39 is 5.97 Å². The summed E-state index contributed by atoms with van der Waals surface area (Å²) in [6.45, 7) is 4.44. The fourth-order valence-corrected chi connectivity index (χ4v) is 1.93. The first-order valence-corrected chi connectivity index (χ1v) is 7.32. The van der Waals surface area contributed by atoms with E-state index in [4.69, 9.17) is 14.2 Å². The average molecular weight is 320 g/mol. The van der Waals surface area contributed by atoms with Gasteiger partial charge in [0.2, 0.25) is 0 Å². The van der Waals surface area contributed by atoms with Crippen molar-refractivity contribution in [2.24, 2.45) is 0 Å². The predicted molar refractivity (Wildman–Crippen MR) is 81.1 cm³/mol. The molecule has 2 aromatic rings. The lowest BCUT2D eigenvalue weighted by Gasteiger charge is -2.11. The molecule has 8 nitrogen and oxygen atoms in total. The summed E-state index contributed by atoms with van der Waals surface area (Å²) in [6.07, 6.45) is 0.891. The number of hydrogen-bond donors (Lipinski definition) is 0. The van der Waals surface area contributed by atoms with E-state index in [9.17, 15) is 4.79 Å². The molecule has 0 aliphatic carbocycles. The Hall–Kier alpha value is -2.64. The normalized spacial score (nSPS) is 10.4. The van der Waals surface area contributed by atoms with Crippen LogP contribution >= 0.6 is 0 Å². The molecule has 0 atom stereocenters. The van der Waals surface area contributed by atoms with Crippen LogP contribution in [-0.4, -0.2) is 39.9 Å². The van der Waals surface area contributed by atoms with Gasteiger partial charge >= 0.3 is 5.97 Å². The van der Waals surface area contributed by atoms with Gasteiger partial charge in [0.15, 0.2) is 30.5 Å². The molecule has 0 bridgehead atoms. The van der Waals surface area contributed by atoms with Crippen molar-refractivity contribution in [3.05, 3.63) is 29.6 Å². The van der Waals surface area contributed by atoms with E-state index in [1.165, 1.54) is 0 Å². The lowest BCUT2D eigenvalue weighted by atomic mass is 10.2. The number of tetrazole rings is 1. The quantitative estimate of drug-likeness (QED) is 0.681. The zero-order chi connectivity index (χ0) is 16.7. The number of aryl methyl sites for hydroxylation is 2. The number of carbonyl (C=O) groups is 1. The fourth-order valence-electron chi connectivity index (χ4n) is 1.93. The van der Waals surface area contributed by atoms with E-state index in [0.29, 0.717) is 23.9 Å². The van der Waals surface area contributed by atoms with Crippen molar-refractivity contribution < 1.29 is 19.0 Å². The van der Waals surface area contributed by atoms with Gasteiger partial charge in [-0.1, -0.05) is 13.0 Å². The van der Waals surface area contributed by atoms with Gasteiger partial charge in [-0.2, -0.15) is 0 Å². The number of hydrogen-bond acceptors (Lipinski definition) is 7. The summed E-state index contributed by atoms with van der Waals surface area (Å²) in [4.78, 5) is 11.8. The minimum Gasteiger partial charge on any atom is -0.493 e. The van der Waals surface area contributed by atoms with Crippen molar-refractivity contribution in [3.63, 3.8) is 0 Å². The second kappa shape index (κ2) is 8.11. The molecule has 0 fully saturated rings. The Balaban J connectivity index is 1.84. The van der Waals surface area contributed by atoms with Gasteiger partial charge in [0.25, 0.3) is 0 Å². The number of ether oxygens (including phenoxy) is 3. The first kappa shape index (κ1) is 16.7. The molecule has 0 amide bonds. The van der Waals surface area contributed by atoms with Crippen LogP contribution in [-0.2, 0) is 22.7 Å². The highest BCUT2D eigenvalue weighted by molar-refractivity contribution is 5.71. The Morgan fingerprint density at radius 1 is 1.30 bits per heavy atom. The van der Waals surface area contributed by atoms with Gasteiger partial charge in [-0.15, -0.1) is 5.10 Å². The van der Waals surface area contributed by atoms with Crippen LogP contribution in [0.15, 0.2) is 18.2 Å². The molecule has 0 aliphatic heterocycles. The second-order valence-electron chi connectivity index (χ2n) is 4.92. The van der Waals surface area contributed by atoms with E-state index in [-0.39, 0.29) is 13.2 Å². The van der Waals surface area contributed by atoms with Crippen LogP contribution in [0.3, 0.4) is 0 Å². The molecule has 1 aromatic carbocycles. The van der Waals surface area contributed by atoms with Gasteiger partial charge in [0, 0.05) is 6.54 Å². The van der Waals surface area contributed by atoms with Gasteiger partial charge in [-0.3, -0.25) is 0 Å². The third-order valence-electron chi connectivity index (χ3n) is 3.07. The van der Waals surface area contributed by atoms with Crippen LogP contribution < -0.4 is 9.47 Å². The van der Waals surface area contributed by atoms with Crippen molar-refractivity contribution in [2.45, 2.75) is 33.4 Å². The number of methoxy groups -OCH3 is 1. The van der Waals surface area contributed by atoms with E-state index in [0.717, 1.165) is 12.0 Å². The maximum Gasteiger partial charge on any atom is 0.344 e. The molecule has 0 aliphatic rings. The summed E-state index contributed by atoms with van der Waals surface area (Å²) in [5.74, 6) is 1.07. The van der Waals surface area contributed by atoms with Crippen LogP contribution in [0.25, 0.3) is 0 Å². The highest BCUT2D eigenvalue weighted by Crippen LogP contribution is 2.27. The van der Waals surface area contributed by atoms with Gasteiger partial charge in [-0.25, -0.2) is 9.48 Å². The van der Waals surface area contributed by atoms with Gasteiger partial charge < -0.3 is 14.2 Å². The van der Waals surface area contributed by atoms with E-state index in [1.807, 2.05) is 26.0 Å². The maximum atomic E-state index is 11.8. The largest absolute Gasteiger partial charge is 0.493 e. The van der Waals surface area contributed by atoms with Crippen molar-refractivity contribution in [1.29, 1.82) is 0 Å². The SMILES string of the molecule is CCCn1nnnc1COC(=O)COc1ccc(C)cc1OC. The standard InChI is InChI=1S/C15H20N4O4/c1-4-7-19-14(16-17-18-19)9-23-15(20)10-22-12-6-5-11(2)8-13(12)21-3/h5-6,8H,4,7,9-10H2,1-3H3. The maximum absolute atomic E-state index is 11.8. The Morgan fingerprint density at radius 3 is 2.87 bits per heavy atom. The Morgan fingerprint density at radius 2 is 2.13 bits per heavy atom. The highest BCUT2D eigenvalue weighted by Gasteiger charge is 2.11. The molecule has 23 heavy (non-hydrogen) atoms. The van der Waals surface area contributed by atoms with Crippen LogP contribution in [0.4, 0.5) is 0 Å². The van der Waals surface area contributed by atoms with Crippen molar-refractivity contribution in [3.8, 4) is 11.5 Å². The minimum atomic E-state index is -0.501. The topological polar surface area (TPSA) is 88.4 Å². The van der Waals surface area contributed by atoms with Gasteiger partial charge in [-0.05, 0) is 41.5 Å². The molecular weight excluding hydrogens is 300 g/mol. The lowest BCUT2D eigenvalue weighted by molar-refractivity contribution is -0.147. The summed E-state index contributed by atoms with van der Waals surface area (Å²) in [6, 6.07) is 5.46. The molecule has 1 aromatic heterocycles. The second-order valence-corrected chi connectivity index (χ2v) is 4.92. The third kappa shape index (κ3) is 4.67. The van der Waals surface area contributed by atoms with Crippen molar-refractivity contribution >= 4 is 5.97 Å². The van der Waals surface area contributed by atoms with Crippen LogP contribution in [0.2, 0.25) is 0 Å². The Labute approximate surface area is 134 Å². The number of carbonyl (C=O) groups excluding carboxylic acids is 1. The van der Waals surface area contributed by atoms with E-state index in [1.54, 1.807) is 17.9 Å². The molecule has 0 spiro atoms. The summed E-state index contributed by atoms with van der Waals surface area (Å²) in [7, 11) is 1.55. The molecule has 0 N–H and O–H groups in total. The molecule has 0 unspecified atom stereocenters. The molecule has 8 heteroatoms. The lowest BCUT2D eigenvalue weighted by Crippen LogP contribution is -2.17. The van der Waals surface area contributed by atoms with Crippen LogP contribution in [0, 0.1) is 6.92 Å². The molecule has 0 radical (unpaired) electrons. The van der Waals surface area contributed by atoms with Crippen molar-refractivity contribution in [1.82, 2.24) is 20.2 Å². The zero-order valence-corrected chi connectivity index (χ0v) is 13.5. The number of esters is 1. The van der Waals surface area contributed by atoms with Crippen molar-refractivity contribution in [2.75, 3.05) is 13.7 Å². The van der Waals surface area contributed by atoms with E-state index >= 15 is 0 Å². The molecule has 2 rings (SSSR count). The molecule has 1 heterocycles. The summed E-state index contributed by atoms with van der Waals surface area (Å²) in [5, 5.41) is 11.2. The monoisotopic (exact) mass is 320 g/mol. The fraction of sp³-hybridized carbons (Fsp3) is 0.467. The third-order valence-corrected chi connectivity index (χ3v) is 3.07. The summed E-state index contributed by atoms with van der Waals surface area (Å²) in [5.41, 5.74) is 1.04. The molecule has 124 valence electrons. The average Bonchev–Trinajstić information content (AvgIpc) is 2.99. The van der Waals surface area contributed by atoms with E-state index in [2.05, 4.69) is 15.5 Å². The first-order chi connectivity index (χ1) is 11.1. The number of aromatic nitrogens is 4. The Kier molecular flexibility index (Phi) is 5.90. The van der Waals surface area contributed by atoms with Gasteiger partial charge in [0.1, 0.15) is 0 Å². The Bertz CT molecular complexity index is 657. The van der Waals surface area contributed by atoms with Crippen LogP contribution in [0.1, 0.15) is 24.7 Å².